The summed E-state index contributed by atoms with van der Waals surface area (Å²) in [6, 6.07) is 16.5. The lowest BCUT2D eigenvalue weighted by Gasteiger charge is -2.02. The third-order valence-electron chi connectivity index (χ3n) is 3.43. The molecule has 7 heteroatoms. The lowest BCUT2D eigenvalue weighted by molar-refractivity contribution is 0.0697. The molecule has 24 heavy (non-hydrogen) atoms. The van der Waals surface area contributed by atoms with Crippen molar-refractivity contribution in [2.24, 2.45) is 5.10 Å². The summed E-state index contributed by atoms with van der Waals surface area (Å²) < 4.78 is 1.85. The zero-order chi connectivity index (χ0) is 16.9. The maximum atomic E-state index is 11.3. The molecule has 0 saturated carbocycles. The number of carboxylic acid groups (broad SMARTS) is 1. The number of nitrogens with zero attached hydrogens (tertiary/aromatic N) is 3. The second-order valence-corrected chi connectivity index (χ2v) is 5.44. The molecule has 0 aliphatic rings. The van der Waals surface area contributed by atoms with E-state index in [1.54, 1.807) is 18.2 Å². The first kappa shape index (κ1) is 15.8. The van der Waals surface area contributed by atoms with Gasteiger partial charge in [-0.1, -0.05) is 48.5 Å². The Labute approximate surface area is 143 Å². The second kappa shape index (κ2) is 7.01. The fourth-order valence-electron chi connectivity index (χ4n) is 2.26. The van der Waals surface area contributed by atoms with Crippen molar-refractivity contribution in [3.05, 3.63) is 81.9 Å². The third kappa shape index (κ3) is 3.47. The van der Waals surface area contributed by atoms with Crippen LogP contribution in [0.25, 0.3) is 0 Å². The molecule has 2 aromatic carbocycles. The lowest BCUT2D eigenvalue weighted by atomic mass is 10.1. The van der Waals surface area contributed by atoms with Crippen molar-refractivity contribution in [1.82, 2.24) is 14.9 Å². The van der Waals surface area contributed by atoms with E-state index in [9.17, 15) is 9.90 Å². The van der Waals surface area contributed by atoms with E-state index >= 15 is 0 Å². The average Bonchev–Trinajstić information content (AvgIpc) is 2.94. The number of aromatic amines is 1. The van der Waals surface area contributed by atoms with Crippen LogP contribution in [0.15, 0.2) is 59.7 Å². The van der Waals surface area contributed by atoms with Gasteiger partial charge in [-0.3, -0.25) is 5.10 Å². The Hall–Kier alpha value is -3.06. The molecule has 0 aliphatic carbocycles. The quantitative estimate of drug-likeness (QED) is 0.553. The second-order valence-electron chi connectivity index (χ2n) is 5.06. The molecule has 0 bridgehead atoms. The van der Waals surface area contributed by atoms with E-state index in [-0.39, 0.29) is 5.56 Å². The van der Waals surface area contributed by atoms with Gasteiger partial charge in [0, 0.05) is 12.0 Å². The van der Waals surface area contributed by atoms with E-state index in [0.29, 0.717) is 22.6 Å². The van der Waals surface area contributed by atoms with Gasteiger partial charge < -0.3 is 5.11 Å². The first-order valence-corrected chi connectivity index (χ1v) is 7.63. The van der Waals surface area contributed by atoms with Gasteiger partial charge in [-0.15, -0.1) is 0 Å². The van der Waals surface area contributed by atoms with Crippen LogP contribution in [0.1, 0.15) is 27.3 Å². The maximum absolute atomic E-state index is 11.3. The van der Waals surface area contributed by atoms with Crippen molar-refractivity contribution in [3.8, 4) is 0 Å². The van der Waals surface area contributed by atoms with Crippen LogP contribution >= 0.6 is 12.2 Å². The first-order chi connectivity index (χ1) is 11.6. The van der Waals surface area contributed by atoms with Gasteiger partial charge in [0.25, 0.3) is 0 Å². The number of benzene rings is 2. The highest BCUT2D eigenvalue weighted by Crippen LogP contribution is 2.09. The predicted molar refractivity (Wildman–Crippen MR) is 93.1 cm³/mol. The topological polar surface area (TPSA) is 83.3 Å². The number of carboxylic acids is 1. The summed E-state index contributed by atoms with van der Waals surface area (Å²) in [5, 5.41) is 20.4. The van der Waals surface area contributed by atoms with Gasteiger partial charge in [0.15, 0.2) is 5.82 Å². The zero-order valence-corrected chi connectivity index (χ0v) is 13.4. The van der Waals surface area contributed by atoms with Gasteiger partial charge in [-0.25, -0.2) is 4.79 Å². The molecule has 3 aromatic rings. The normalized spacial score (nSPS) is 11.0. The molecule has 3 rings (SSSR count). The highest BCUT2D eigenvalue weighted by atomic mass is 32.1. The molecule has 0 saturated heterocycles. The summed E-state index contributed by atoms with van der Waals surface area (Å²) in [4.78, 5) is 11.3. The standard InChI is InChI=1S/C17H14N4O2S/c22-16(23)14-9-5-4-8-13(14)11-18-21-15(19-20-17(21)24)10-12-6-2-1-3-7-12/h1-9,11H,10H2,(H,20,24)(H,22,23)/b18-11+. The first-order valence-electron chi connectivity index (χ1n) is 7.22. The van der Waals surface area contributed by atoms with Gasteiger partial charge in [-0.2, -0.15) is 14.9 Å². The van der Waals surface area contributed by atoms with Crippen molar-refractivity contribution in [2.75, 3.05) is 0 Å². The van der Waals surface area contributed by atoms with Crippen LogP contribution in [-0.2, 0) is 6.42 Å². The number of rotatable bonds is 5. The minimum Gasteiger partial charge on any atom is -0.478 e. The van der Waals surface area contributed by atoms with Crippen LogP contribution < -0.4 is 0 Å². The molecule has 0 radical (unpaired) electrons. The molecule has 2 N–H and O–H groups in total. The Balaban J connectivity index is 1.92. The zero-order valence-electron chi connectivity index (χ0n) is 12.6. The van der Waals surface area contributed by atoms with Gasteiger partial charge in [0.1, 0.15) is 0 Å². The molecule has 1 aromatic heterocycles. The maximum Gasteiger partial charge on any atom is 0.336 e. The van der Waals surface area contributed by atoms with E-state index in [0.717, 1.165) is 5.56 Å². The van der Waals surface area contributed by atoms with Crippen LogP contribution in [0, 0.1) is 4.77 Å². The van der Waals surface area contributed by atoms with Crippen LogP contribution in [0.3, 0.4) is 0 Å². The van der Waals surface area contributed by atoms with Crippen molar-refractivity contribution >= 4 is 24.4 Å². The highest BCUT2D eigenvalue weighted by Gasteiger charge is 2.09. The van der Waals surface area contributed by atoms with Crippen LogP contribution in [0.5, 0.6) is 0 Å². The van der Waals surface area contributed by atoms with E-state index in [2.05, 4.69) is 15.3 Å². The summed E-state index contributed by atoms with van der Waals surface area (Å²) in [5.74, 6) is -0.354. The van der Waals surface area contributed by atoms with Crippen molar-refractivity contribution in [1.29, 1.82) is 0 Å². The van der Waals surface area contributed by atoms with Crippen molar-refractivity contribution in [3.63, 3.8) is 0 Å². The van der Waals surface area contributed by atoms with Crippen LogP contribution in [0.2, 0.25) is 0 Å². The molecule has 6 nitrogen and oxygen atoms in total. The number of hydrogen-bond acceptors (Lipinski definition) is 4. The summed E-state index contributed by atoms with van der Waals surface area (Å²) in [5.41, 5.74) is 1.76. The number of carbonyl (C=O) groups is 1. The van der Waals surface area contributed by atoms with Crippen LogP contribution in [-0.4, -0.2) is 32.2 Å². The Morgan fingerprint density at radius 2 is 1.92 bits per heavy atom. The Kier molecular flexibility index (Phi) is 4.62. The Morgan fingerprint density at radius 3 is 2.67 bits per heavy atom. The van der Waals surface area contributed by atoms with Gasteiger partial charge in [0.2, 0.25) is 4.77 Å². The van der Waals surface area contributed by atoms with Gasteiger partial charge >= 0.3 is 5.97 Å². The number of aromatic carboxylic acids is 1. The fourth-order valence-corrected chi connectivity index (χ4v) is 2.46. The number of aromatic nitrogens is 3. The number of nitrogens with one attached hydrogen (secondary N) is 1. The van der Waals surface area contributed by atoms with Crippen molar-refractivity contribution in [2.45, 2.75) is 6.42 Å². The molecule has 120 valence electrons. The predicted octanol–water partition coefficient (Wildman–Crippen LogP) is 3.11. The Bertz CT molecular complexity index is 944. The summed E-state index contributed by atoms with van der Waals surface area (Å²) in [6.07, 6.45) is 2.04. The van der Waals surface area contributed by atoms with Gasteiger partial charge in [-0.05, 0) is 23.8 Å². The van der Waals surface area contributed by atoms with E-state index < -0.39 is 5.97 Å². The largest absolute Gasteiger partial charge is 0.478 e. The highest BCUT2D eigenvalue weighted by molar-refractivity contribution is 7.71. The Morgan fingerprint density at radius 1 is 1.21 bits per heavy atom. The molecule has 0 unspecified atom stereocenters. The molecule has 0 fully saturated rings. The monoisotopic (exact) mass is 338 g/mol. The smallest absolute Gasteiger partial charge is 0.336 e. The molecular weight excluding hydrogens is 324 g/mol. The van der Waals surface area contributed by atoms with Gasteiger partial charge in [0.05, 0.1) is 11.8 Å². The van der Waals surface area contributed by atoms with E-state index in [1.165, 1.54) is 17.0 Å². The third-order valence-corrected chi connectivity index (χ3v) is 3.69. The molecule has 0 aliphatic heterocycles. The molecule has 1 heterocycles. The number of H-pyrrole nitrogens is 1. The fraction of sp³-hybridized carbons (Fsp3) is 0.0588. The molecule has 0 spiro atoms. The van der Waals surface area contributed by atoms with E-state index in [4.69, 9.17) is 12.2 Å². The van der Waals surface area contributed by atoms with Crippen molar-refractivity contribution < 1.29 is 9.90 Å². The summed E-state index contributed by atoms with van der Waals surface area (Å²) in [7, 11) is 0. The van der Waals surface area contributed by atoms with Crippen LogP contribution in [0.4, 0.5) is 0 Å². The molecule has 0 amide bonds. The molecule has 0 atom stereocenters. The number of hydrogen-bond donors (Lipinski definition) is 2. The van der Waals surface area contributed by atoms with E-state index in [1.807, 2.05) is 30.3 Å². The summed E-state index contributed by atoms with van der Waals surface area (Å²) >= 11 is 5.20. The molecular formula is C17H14N4O2S. The average molecular weight is 338 g/mol. The minimum atomic E-state index is -1.00. The lowest BCUT2D eigenvalue weighted by Crippen LogP contribution is -2.04. The summed E-state index contributed by atoms with van der Waals surface area (Å²) in [6.45, 7) is 0. The minimum absolute atomic E-state index is 0.181. The SMILES string of the molecule is O=C(O)c1ccccc1/C=N/n1c(Cc2ccccc2)n[nH]c1=S.